The minimum Gasteiger partial charge on any atom is -0.299 e. The molecule has 2 rings (SSSR count). The lowest BCUT2D eigenvalue weighted by Crippen LogP contribution is -2.08. The van der Waals surface area contributed by atoms with Crippen LogP contribution in [0.25, 0.3) is 0 Å². The Bertz CT molecular complexity index is 563. The van der Waals surface area contributed by atoms with Crippen molar-refractivity contribution < 1.29 is 4.79 Å². The molecule has 0 aliphatic carbocycles. The molecule has 0 atom stereocenters. The van der Waals surface area contributed by atoms with Gasteiger partial charge in [0.1, 0.15) is 10.9 Å². The maximum atomic E-state index is 12.0. The lowest BCUT2D eigenvalue weighted by atomic mass is 10.1. The van der Waals surface area contributed by atoms with Gasteiger partial charge in [0.15, 0.2) is 0 Å². The van der Waals surface area contributed by atoms with E-state index < -0.39 is 0 Å². The van der Waals surface area contributed by atoms with Crippen LogP contribution in [0.4, 0.5) is 0 Å². The average molecular weight is 264 g/mol. The third-order valence-electron chi connectivity index (χ3n) is 2.75. The second-order valence-corrected chi connectivity index (χ2v) is 4.55. The summed E-state index contributed by atoms with van der Waals surface area (Å²) in [6.07, 6.45) is 2.31. The van der Waals surface area contributed by atoms with Gasteiger partial charge in [0.2, 0.25) is 0 Å². The van der Waals surface area contributed by atoms with E-state index in [0.29, 0.717) is 18.0 Å². The van der Waals surface area contributed by atoms with Gasteiger partial charge in [-0.3, -0.25) is 14.5 Å². The number of pyridine rings is 1. The Kier molecular flexibility index (Phi) is 3.77. The van der Waals surface area contributed by atoms with Crippen LogP contribution in [0.1, 0.15) is 17.0 Å². The summed E-state index contributed by atoms with van der Waals surface area (Å²) < 4.78 is 1.58. The van der Waals surface area contributed by atoms with Gasteiger partial charge in [-0.2, -0.15) is 5.10 Å². The van der Waals surface area contributed by atoms with Gasteiger partial charge in [0.25, 0.3) is 0 Å². The first kappa shape index (κ1) is 12.8. The summed E-state index contributed by atoms with van der Waals surface area (Å²) in [6.45, 7) is 1.86. The first-order valence-corrected chi connectivity index (χ1v) is 6.05. The second-order valence-electron chi connectivity index (χ2n) is 4.19. The van der Waals surface area contributed by atoms with Crippen molar-refractivity contribution >= 4 is 17.4 Å². The monoisotopic (exact) mass is 263 g/mol. The first-order valence-electron chi connectivity index (χ1n) is 5.67. The molecule has 0 aromatic carbocycles. The summed E-state index contributed by atoms with van der Waals surface area (Å²) >= 11 is 6.09. The van der Waals surface area contributed by atoms with Crippen molar-refractivity contribution in [1.29, 1.82) is 0 Å². The zero-order valence-electron chi connectivity index (χ0n) is 10.4. The van der Waals surface area contributed by atoms with Crippen molar-refractivity contribution in [3.05, 3.63) is 46.5 Å². The average Bonchev–Trinajstić information content (AvgIpc) is 2.57. The van der Waals surface area contributed by atoms with Gasteiger partial charge in [-0.1, -0.05) is 17.7 Å². The number of carbonyl (C=O) groups excluding carboxylic acids is 1. The number of hydrogen-bond acceptors (Lipinski definition) is 3. The Morgan fingerprint density at radius 3 is 2.72 bits per heavy atom. The fourth-order valence-corrected chi connectivity index (χ4v) is 2.08. The van der Waals surface area contributed by atoms with Crippen molar-refractivity contribution in [2.24, 2.45) is 7.05 Å². The van der Waals surface area contributed by atoms with Crippen LogP contribution < -0.4 is 0 Å². The summed E-state index contributed by atoms with van der Waals surface area (Å²) in [5, 5.41) is 4.72. The van der Waals surface area contributed by atoms with Gasteiger partial charge in [0.05, 0.1) is 5.69 Å². The van der Waals surface area contributed by atoms with Crippen LogP contribution in [0.3, 0.4) is 0 Å². The SMILES string of the molecule is Cc1nn(C)c(Cl)c1CC(=O)Cc1ccccn1. The van der Waals surface area contributed by atoms with Crippen molar-refractivity contribution in [3.63, 3.8) is 0 Å². The van der Waals surface area contributed by atoms with E-state index in [1.54, 1.807) is 17.9 Å². The largest absolute Gasteiger partial charge is 0.299 e. The predicted molar refractivity (Wildman–Crippen MR) is 69.6 cm³/mol. The van der Waals surface area contributed by atoms with Gasteiger partial charge in [-0.15, -0.1) is 0 Å². The Morgan fingerprint density at radius 2 is 2.17 bits per heavy atom. The van der Waals surface area contributed by atoms with Crippen molar-refractivity contribution in [2.45, 2.75) is 19.8 Å². The van der Waals surface area contributed by atoms with Crippen LogP contribution in [0.5, 0.6) is 0 Å². The molecule has 94 valence electrons. The summed E-state index contributed by atoms with van der Waals surface area (Å²) in [7, 11) is 1.77. The molecule has 2 aromatic heterocycles. The molecule has 0 bridgehead atoms. The molecule has 0 saturated heterocycles. The third kappa shape index (κ3) is 2.76. The van der Waals surface area contributed by atoms with E-state index in [2.05, 4.69) is 10.1 Å². The molecule has 0 amide bonds. The number of nitrogens with zero attached hydrogens (tertiary/aromatic N) is 3. The molecule has 0 radical (unpaired) electrons. The van der Waals surface area contributed by atoms with E-state index in [-0.39, 0.29) is 5.78 Å². The van der Waals surface area contributed by atoms with Crippen LogP contribution in [0.2, 0.25) is 5.15 Å². The Labute approximate surface area is 111 Å². The minimum absolute atomic E-state index is 0.0895. The van der Waals surface area contributed by atoms with Crippen LogP contribution in [-0.2, 0) is 24.7 Å². The van der Waals surface area contributed by atoms with E-state index in [4.69, 9.17) is 11.6 Å². The highest BCUT2D eigenvalue weighted by Crippen LogP contribution is 2.19. The van der Waals surface area contributed by atoms with E-state index in [9.17, 15) is 4.79 Å². The summed E-state index contributed by atoms with van der Waals surface area (Å²) in [4.78, 5) is 16.1. The molecule has 0 saturated carbocycles. The fourth-order valence-electron chi connectivity index (χ4n) is 1.84. The maximum Gasteiger partial charge on any atom is 0.143 e. The van der Waals surface area contributed by atoms with Crippen LogP contribution >= 0.6 is 11.6 Å². The first-order chi connectivity index (χ1) is 8.58. The highest BCUT2D eigenvalue weighted by atomic mass is 35.5. The molecule has 2 heterocycles. The normalized spacial score (nSPS) is 10.6. The van der Waals surface area contributed by atoms with Gasteiger partial charge in [0, 0.05) is 37.3 Å². The maximum absolute atomic E-state index is 12.0. The Hall–Kier alpha value is -1.68. The highest BCUT2D eigenvalue weighted by Gasteiger charge is 2.15. The number of hydrogen-bond donors (Lipinski definition) is 0. The second kappa shape index (κ2) is 5.31. The lowest BCUT2D eigenvalue weighted by Gasteiger charge is -2.01. The van der Waals surface area contributed by atoms with Crippen molar-refractivity contribution in [3.8, 4) is 0 Å². The zero-order valence-corrected chi connectivity index (χ0v) is 11.1. The topological polar surface area (TPSA) is 47.8 Å². The number of aryl methyl sites for hydroxylation is 2. The number of aromatic nitrogens is 3. The Balaban J connectivity index is 2.08. The molecule has 0 aliphatic rings. The van der Waals surface area contributed by atoms with Gasteiger partial charge >= 0.3 is 0 Å². The predicted octanol–water partition coefficient (Wildman–Crippen LogP) is 2.13. The van der Waals surface area contributed by atoms with Crippen molar-refractivity contribution in [1.82, 2.24) is 14.8 Å². The molecule has 5 heteroatoms. The molecule has 18 heavy (non-hydrogen) atoms. The zero-order chi connectivity index (χ0) is 13.1. The number of ketones is 1. The molecule has 0 aliphatic heterocycles. The molecule has 0 N–H and O–H groups in total. The minimum atomic E-state index is 0.0895. The van der Waals surface area contributed by atoms with E-state index in [1.165, 1.54) is 0 Å². The van der Waals surface area contributed by atoms with Gasteiger partial charge in [-0.05, 0) is 19.1 Å². The lowest BCUT2D eigenvalue weighted by molar-refractivity contribution is -0.117. The fraction of sp³-hybridized carbons (Fsp3) is 0.308. The summed E-state index contributed by atoms with van der Waals surface area (Å²) in [5.74, 6) is 0.0895. The van der Waals surface area contributed by atoms with E-state index >= 15 is 0 Å². The number of halogens is 1. The standard InChI is InChI=1S/C13H14ClN3O/c1-9-12(13(14)17(2)16-9)8-11(18)7-10-5-3-4-6-15-10/h3-6H,7-8H2,1-2H3. The molecule has 2 aromatic rings. The van der Waals surface area contributed by atoms with E-state index in [0.717, 1.165) is 17.0 Å². The molecule has 4 nitrogen and oxygen atoms in total. The van der Waals surface area contributed by atoms with Crippen LogP contribution in [-0.4, -0.2) is 20.5 Å². The molecular formula is C13H14ClN3O. The molecule has 0 fully saturated rings. The molecule has 0 spiro atoms. The van der Waals surface area contributed by atoms with Crippen molar-refractivity contribution in [2.75, 3.05) is 0 Å². The smallest absolute Gasteiger partial charge is 0.143 e. The van der Waals surface area contributed by atoms with Crippen LogP contribution in [0.15, 0.2) is 24.4 Å². The van der Waals surface area contributed by atoms with Gasteiger partial charge < -0.3 is 0 Å². The third-order valence-corrected chi connectivity index (χ3v) is 3.22. The number of Topliss-reactive ketones (excluding diaryl/α,β-unsaturated/α-hetero) is 1. The molecule has 0 unspecified atom stereocenters. The summed E-state index contributed by atoms with van der Waals surface area (Å²) in [6, 6.07) is 5.55. The van der Waals surface area contributed by atoms with Gasteiger partial charge in [-0.25, -0.2) is 0 Å². The number of carbonyl (C=O) groups is 1. The van der Waals surface area contributed by atoms with E-state index in [1.807, 2.05) is 25.1 Å². The highest BCUT2D eigenvalue weighted by molar-refractivity contribution is 6.30. The summed E-state index contributed by atoms with van der Waals surface area (Å²) in [5.41, 5.74) is 2.39. The molecular weight excluding hydrogens is 250 g/mol. The Morgan fingerprint density at radius 1 is 1.39 bits per heavy atom. The quantitative estimate of drug-likeness (QED) is 0.849. The van der Waals surface area contributed by atoms with Crippen LogP contribution in [0, 0.1) is 6.92 Å². The number of rotatable bonds is 4.